The summed E-state index contributed by atoms with van der Waals surface area (Å²) in [6.07, 6.45) is 2.78. The Hall–Kier alpha value is -2.94. The van der Waals surface area contributed by atoms with Crippen LogP contribution in [0.5, 0.6) is 5.88 Å². The number of aromatic nitrogens is 4. The van der Waals surface area contributed by atoms with E-state index in [2.05, 4.69) is 15.1 Å². The third-order valence-electron chi connectivity index (χ3n) is 3.98. The number of hydrogen-bond acceptors (Lipinski definition) is 6. The van der Waals surface area contributed by atoms with Crippen molar-refractivity contribution in [3.8, 4) is 11.6 Å². The van der Waals surface area contributed by atoms with Crippen molar-refractivity contribution in [3.63, 3.8) is 0 Å². The van der Waals surface area contributed by atoms with Crippen LogP contribution >= 0.6 is 0 Å². The molecule has 0 unspecified atom stereocenters. The molecule has 0 spiro atoms. The minimum absolute atomic E-state index is 0.147. The highest BCUT2D eigenvalue weighted by Crippen LogP contribution is 2.27. The van der Waals surface area contributed by atoms with Crippen LogP contribution in [0.2, 0.25) is 0 Å². The molecule has 2 heterocycles. The first-order chi connectivity index (χ1) is 12.4. The molecule has 26 heavy (non-hydrogen) atoms. The monoisotopic (exact) mass is 373 g/mol. The van der Waals surface area contributed by atoms with Crippen molar-refractivity contribution < 1.29 is 13.2 Å². The fourth-order valence-electron chi connectivity index (χ4n) is 2.67. The molecule has 0 fully saturated rings. The fraction of sp³-hybridized carbons (Fsp3) is 0.235. The molecule has 136 valence electrons. The summed E-state index contributed by atoms with van der Waals surface area (Å²) in [5.74, 6) is 0.397. The third-order valence-corrected chi connectivity index (χ3v) is 5.99. The summed E-state index contributed by atoms with van der Waals surface area (Å²) < 4.78 is 34.1. The maximum absolute atomic E-state index is 13.2. The van der Waals surface area contributed by atoms with Gasteiger partial charge in [-0.05, 0) is 26.0 Å². The Balaban J connectivity index is 2.09. The number of ether oxygens (including phenoxy) is 1. The summed E-state index contributed by atoms with van der Waals surface area (Å²) in [5, 5.41) is 4.41. The fourth-order valence-corrected chi connectivity index (χ4v) is 4.15. The molecule has 1 aromatic carbocycles. The summed E-state index contributed by atoms with van der Waals surface area (Å²) in [7, 11) is -1.00. The molecule has 0 amide bonds. The van der Waals surface area contributed by atoms with Crippen LogP contribution < -0.4 is 9.04 Å². The molecule has 2 aromatic heterocycles. The summed E-state index contributed by atoms with van der Waals surface area (Å²) in [6.45, 7) is 3.40. The normalized spacial score (nSPS) is 11.4. The van der Waals surface area contributed by atoms with Crippen molar-refractivity contribution in [2.45, 2.75) is 18.7 Å². The van der Waals surface area contributed by atoms with Gasteiger partial charge in [0.25, 0.3) is 10.0 Å². The van der Waals surface area contributed by atoms with E-state index in [0.29, 0.717) is 11.4 Å². The van der Waals surface area contributed by atoms with Crippen LogP contribution in [-0.4, -0.2) is 42.3 Å². The average molecular weight is 373 g/mol. The molecule has 3 rings (SSSR count). The van der Waals surface area contributed by atoms with Crippen LogP contribution in [-0.2, 0) is 10.0 Å². The summed E-state index contributed by atoms with van der Waals surface area (Å²) >= 11 is 0. The molecule has 0 bridgehead atoms. The molecule has 8 nitrogen and oxygen atoms in total. The lowest BCUT2D eigenvalue weighted by molar-refractivity contribution is 0.396. The molecule has 0 aliphatic heterocycles. The van der Waals surface area contributed by atoms with Gasteiger partial charge in [-0.2, -0.15) is 10.1 Å². The predicted molar refractivity (Wildman–Crippen MR) is 97.2 cm³/mol. The molecule has 3 aromatic rings. The molecule has 0 aliphatic carbocycles. The first kappa shape index (κ1) is 17.9. The largest absolute Gasteiger partial charge is 0.480 e. The summed E-state index contributed by atoms with van der Waals surface area (Å²) in [4.78, 5) is 8.26. The lowest BCUT2D eigenvalue weighted by Crippen LogP contribution is -2.28. The number of nitrogens with zero attached hydrogens (tertiary/aromatic N) is 5. The van der Waals surface area contributed by atoms with Crippen LogP contribution in [0, 0.1) is 13.8 Å². The highest BCUT2D eigenvalue weighted by atomic mass is 32.2. The Morgan fingerprint density at radius 1 is 1.12 bits per heavy atom. The number of rotatable bonds is 5. The predicted octanol–water partition coefficient (Wildman–Crippen LogP) is 2.11. The maximum atomic E-state index is 13.2. The highest BCUT2D eigenvalue weighted by Gasteiger charge is 2.30. The molecule has 0 saturated carbocycles. The van der Waals surface area contributed by atoms with Crippen molar-refractivity contribution in [1.29, 1.82) is 0 Å². The van der Waals surface area contributed by atoms with Gasteiger partial charge in [-0.15, -0.1) is 0 Å². The van der Waals surface area contributed by atoms with Crippen LogP contribution in [0.15, 0.2) is 47.6 Å². The highest BCUT2D eigenvalue weighted by molar-refractivity contribution is 7.92. The van der Waals surface area contributed by atoms with Crippen molar-refractivity contribution >= 4 is 15.8 Å². The lowest BCUT2D eigenvalue weighted by Gasteiger charge is -2.18. The number of para-hydroxylation sites is 1. The van der Waals surface area contributed by atoms with Crippen molar-refractivity contribution in [2.75, 3.05) is 18.5 Å². The smallest absolute Gasteiger partial charge is 0.268 e. The summed E-state index contributed by atoms with van der Waals surface area (Å²) in [5.41, 5.74) is 1.73. The lowest BCUT2D eigenvalue weighted by atomic mass is 10.3. The number of hydrogen-bond donors (Lipinski definition) is 0. The van der Waals surface area contributed by atoms with E-state index in [0.717, 1.165) is 9.99 Å². The molecule has 0 saturated heterocycles. The third kappa shape index (κ3) is 3.01. The van der Waals surface area contributed by atoms with Crippen molar-refractivity contribution in [2.24, 2.45) is 0 Å². The maximum Gasteiger partial charge on any atom is 0.268 e. The van der Waals surface area contributed by atoms with Gasteiger partial charge in [0.15, 0.2) is 5.82 Å². The molecule has 0 radical (unpaired) electrons. The molecular weight excluding hydrogens is 354 g/mol. The first-order valence-electron chi connectivity index (χ1n) is 7.83. The van der Waals surface area contributed by atoms with Crippen molar-refractivity contribution in [1.82, 2.24) is 19.7 Å². The van der Waals surface area contributed by atoms with Crippen molar-refractivity contribution in [3.05, 3.63) is 54.1 Å². The Morgan fingerprint density at radius 3 is 2.46 bits per heavy atom. The van der Waals surface area contributed by atoms with Crippen LogP contribution in [0.1, 0.15) is 11.4 Å². The number of anilines is 1. The second-order valence-corrected chi connectivity index (χ2v) is 7.55. The van der Waals surface area contributed by atoms with E-state index in [-0.39, 0.29) is 16.6 Å². The van der Waals surface area contributed by atoms with Crippen LogP contribution in [0.4, 0.5) is 5.82 Å². The Labute approximate surface area is 152 Å². The molecule has 0 atom stereocenters. The topological polar surface area (TPSA) is 90.2 Å². The van der Waals surface area contributed by atoms with Gasteiger partial charge >= 0.3 is 0 Å². The van der Waals surface area contributed by atoms with Crippen LogP contribution in [0.3, 0.4) is 0 Å². The van der Waals surface area contributed by atoms with Gasteiger partial charge in [0, 0.05) is 7.05 Å². The van der Waals surface area contributed by atoms with Gasteiger partial charge in [-0.1, -0.05) is 18.2 Å². The molecule has 9 heteroatoms. The Kier molecular flexibility index (Phi) is 4.64. The molecular formula is C17H19N5O3S. The van der Waals surface area contributed by atoms with E-state index >= 15 is 0 Å². The van der Waals surface area contributed by atoms with E-state index in [9.17, 15) is 8.42 Å². The van der Waals surface area contributed by atoms with Gasteiger partial charge in [0.05, 0.1) is 36.6 Å². The minimum Gasteiger partial charge on any atom is -0.480 e. The standard InChI is InChI=1S/C17H19N5O3S/c1-12-17(13(2)22(20-12)14-8-6-5-7-9-14)26(23,24)21(3)15-10-18-11-16(19-15)25-4/h5-11H,1-4H3. The average Bonchev–Trinajstić information content (AvgIpc) is 2.96. The van der Waals surface area contributed by atoms with E-state index in [1.54, 1.807) is 18.5 Å². The van der Waals surface area contributed by atoms with E-state index in [1.165, 1.54) is 26.6 Å². The van der Waals surface area contributed by atoms with E-state index in [1.807, 2.05) is 30.3 Å². The number of aryl methyl sites for hydroxylation is 1. The second-order valence-electron chi connectivity index (χ2n) is 5.64. The Morgan fingerprint density at radius 2 is 1.81 bits per heavy atom. The molecule has 0 aliphatic rings. The van der Waals surface area contributed by atoms with Crippen LogP contribution in [0.25, 0.3) is 5.69 Å². The van der Waals surface area contributed by atoms with Gasteiger partial charge in [0.2, 0.25) is 5.88 Å². The van der Waals surface area contributed by atoms with E-state index in [4.69, 9.17) is 4.74 Å². The zero-order valence-corrected chi connectivity index (χ0v) is 15.7. The van der Waals surface area contributed by atoms with Gasteiger partial charge in [-0.25, -0.2) is 13.1 Å². The molecule has 0 N–H and O–H groups in total. The first-order valence-corrected chi connectivity index (χ1v) is 9.27. The number of methoxy groups -OCH3 is 1. The second kappa shape index (κ2) is 6.75. The Bertz CT molecular complexity index is 1030. The number of benzene rings is 1. The minimum atomic E-state index is -3.87. The SMILES string of the molecule is COc1cncc(N(C)S(=O)(=O)c2c(C)nn(-c3ccccc3)c2C)n1. The van der Waals surface area contributed by atoms with E-state index < -0.39 is 10.0 Å². The van der Waals surface area contributed by atoms with Gasteiger partial charge in [-0.3, -0.25) is 9.29 Å². The number of sulfonamides is 1. The summed E-state index contributed by atoms with van der Waals surface area (Å²) in [6, 6.07) is 9.37. The zero-order valence-electron chi connectivity index (χ0n) is 14.9. The van der Waals surface area contributed by atoms with Gasteiger partial charge < -0.3 is 4.74 Å². The van der Waals surface area contributed by atoms with Gasteiger partial charge in [0.1, 0.15) is 4.90 Å². The zero-order chi connectivity index (χ0) is 18.9. The quantitative estimate of drug-likeness (QED) is 0.680.